The van der Waals surface area contributed by atoms with Crippen molar-refractivity contribution in [1.82, 2.24) is 9.13 Å². The van der Waals surface area contributed by atoms with Crippen molar-refractivity contribution >= 4 is 11.9 Å². The molecule has 3 rings (SSSR count). The zero-order valence-electron chi connectivity index (χ0n) is 18.4. The summed E-state index contributed by atoms with van der Waals surface area (Å²) in [5, 5.41) is 19.9. The van der Waals surface area contributed by atoms with Crippen LogP contribution in [0.15, 0.2) is 53.3 Å². The van der Waals surface area contributed by atoms with E-state index in [0.29, 0.717) is 36.2 Å². The van der Waals surface area contributed by atoms with E-state index >= 15 is 0 Å². The molecular weight excluding hydrogens is 408 g/mol. The van der Waals surface area contributed by atoms with Crippen LogP contribution in [0.4, 0.5) is 0 Å². The van der Waals surface area contributed by atoms with Crippen LogP contribution in [0.25, 0.3) is 11.1 Å². The fourth-order valence-electron chi connectivity index (χ4n) is 4.08. The number of carboxylic acids is 2. The van der Waals surface area contributed by atoms with Crippen molar-refractivity contribution in [3.05, 3.63) is 81.5 Å². The Morgan fingerprint density at radius 1 is 0.875 bits per heavy atom. The predicted octanol–water partition coefficient (Wildman–Crippen LogP) is 4.51. The largest absolute Gasteiger partial charge is 0.478 e. The predicted molar refractivity (Wildman–Crippen MR) is 122 cm³/mol. The number of nitrogens with zero attached hydrogens (tertiary/aromatic N) is 2. The van der Waals surface area contributed by atoms with Crippen molar-refractivity contribution in [3.8, 4) is 11.1 Å². The monoisotopic (exact) mass is 436 g/mol. The van der Waals surface area contributed by atoms with Gasteiger partial charge >= 0.3 is 17.6 Å². The van der Waals surface area contributed by atoms with Crippen molar-refractivity contribution in [2.45, 2.75) is 52.6 Å². The molecule has 168 valence electrons. The number of imidazole rings is 1. The number of carbonyl (C=O) groups is 2. The van der Waals surface area contributed by atoms with Crippen LogP contribution in [-0.4, -0.2) is 31.3 Å². The van der Waals surface area contributed by atoms with Gasteiger partial charge in [-0.25, -0.2) is 14.4 Å². The van der Waals surface area contributed by atoms with Crippen LogP contribution in [0, 0.1) is 0 Å². The highest BCUT2D eigenvalue weighted by Crippen LogP contribution is 2.27. The van der Waals surface area contributed by atoms with Crippen molar-refractivity contribution < 1.29 is 19.8 Å². The van der Waals surface area contributed by atoms with Crippen LogP contribution in [0.2, 0.25) is 0 Å². The molecule has 0 aliphatic heterocycles. The average Bonchev–Trinajstić information content (AvgIpc) is 3.04. The summed E-state index contributed by atoms with van der Waals surface area (Å²) in [6, 6.07) is 14.4. The van der Waals surface area contributed by atoms with E-state index in [1.54, 1.807) is 18.2 Å². The van der Waals surface area contributed by atoms with Crippen LogP contribution >= 0.6 is 0 Å². The summed E-state index contributed by atoms with van der Waals surface area (Å²) in [4.78, 5) is 37.5. The van der Waals surface area contributed by atoms with E-state index in [2.05, 4.69) is 0 Å². The van der Waals surface area contributed by atoms with Crippen molar-refractivity contribution in [1.29, 1.82) is 0 Å². The van der Waals surface area contributed by atoms with Crippen LogP contribution < -0.4 is 5.69 Å². The third kappa shape index (κ3) is 4.51. The standard InChI is InChI=1S/C25H28N2O5/c1-3-5-14-20-22(24(30)31)26(15-4-2)25(32)27(20)16-18-12-9-13-19(21(18)23(28)29)17-10-7-6-8-11-17/h6-13H,3-5,14-16H2,1-2H3,(H,28,29)(H,30,31). The molecule has 1 aromatic heterocycles. The maximum atomic E-state index is 13.2. The quantitative estimate of drug-likeness (QED) is 0.487. The Balaban J connectivity index is 2.21. The lowest BCUT2D eigenvalue weighted by atomic mass is 9.95. The molecule has 0 saturated heterocycles. The lowest BCUT2D eigenvalue weighted by Gasteiger charge is -2.14. The molecule has 0 fully saturated rings. The lowest BCUT2D eigenvalue weighted by Crippen LogP contribution is -2.27. The van der Waals surface area contributed by atoms with Gasteiger partial charge in [0.25, 0.3) is 0 Å². The zero-order valence-corrected chi connectivity index (χ0v) is 18.4. The highest BCUT2D eigenvalue weighted by atomic mass is 16.4. The molecule has 7 heteroatoms. The summed E-state index contributed by atoms with van der Waals surface area (Å²) in [7, 11) is 0. The Kier molecular flexibility index (Phi) is 7.30. The molecule has 0 saturated carbocycles. The van der Waals surface area contributed by atoms with Crippen LogP contribution in [0.5, 0.6) is 0 Å². The molecule has 0 aliphatic carbocycles. The van der Waals surface area contributed by atoms with Gasteiger partial charge in [0, 0.05) is 6.54 Å². The first-order valence-corrected chi connectivity index (χ1v) is 10.9. The molecule has 3 aromatic rings. The molecule has 0 bridgehead atoms. The Morgan fingerprint density at radius 3 is 2.19 bits per heavy atom. The number of rotatable bonds is 10. The summed E-state index contributed by atoms with van der Waals surface area (Å²) in [5.41, 5.74) is 1.93. The maximum Gasteiger partial charge on any atom is 0.354 e. The molecule has 32 heavy (non-hydrogen) atoms. The first-order valence-electron chi connectivity index (χ1n) is 10.9. The molecule has 0 atom stereocenters. The van der Waals surface area contributed by atoms with Gasteiger partial charge in [-0.2, -0.15) is 0 Å². The Labute approximate surface area is 186 Å². The molecule has 0 unspecified atom stereocenters. The number of hydrogen-bond acceptors (Lipinski definition) is 3. The van der Waals surface area contributed by atoms with Gasteiger partial charge < -0.3 is 10.2 Å². The van der Waals surface area contributed by atoms with Crippen molar-refractivity contribution in [2.24, 2.45) is 0 Å². The van der Waals surface area contributed by atoms with Gasteiger partial charge in [0.15, 0.2) is 5.69 Å². The fraction of sp³-hybridized carbons (Fsp3) is 0.320. The topological polar surface area (TPSA) is 102 Å². The summed E-state index contributed by atoms with van der Waals surface area (Å²) < 4.78 is 2.74. The Bertz CT molecular complexity index is 1180. The van der Waals surface area contributed by atoms with Gasteiger partial charge in [-0.1, -0.05) is 68.8 Å². The Hall–Kier alpha value is -3.61. The SMILES string of the molecule is CCCCc1c(C(=O)O)n(CCC)c(=O)n1Cc1cccc(-c2ccccc2)c1C(=O)O. The number of unbranched alkanes of at least 4 members (excludes halogenated alkanes) is 1. The Morgan fingerprint density at radius 2 is 1.59 bits per heavy atom. The minimum atomic E-state index is -1.14. The molecule has 7 nitrogen and oxygen atoms in total. The summed E-state index contributed by atoms with van der Waals surface area (Å²) in [5.74, 6) is -2.23. The highest BCUT2D eigenvalue weighted by Gasteiger charge is 2.26. The minimum Gasteiger partial charge on any atom is -0.478 e. The van der Waals surface area contributed by atoms with E-state index in [1.165, 1.54) is 9.13 Å². The molecule has 0 amide bonds. The summed E-state index contributed by atoms with van der Waals surface area (Å²) >= 11 is 0. The molecule has 2 aromatic carbocycles. The van der Waals surface area contributed by atoms with E-state index in [-0.39, 0.29) is 17.8 Å². The van der Waals surface area contributed by atoms with Gasteiger partial charge in [-0.3, -0.25) is 9.13 Å². The molecular formula is C25H28N2O5. The number of aromatic carboxylic acids is 2. The number of benzene rings is 2. The first kappa shape index (κ1) is 23.1. The third-order valence-corrected chi connectivity index (χ3v) is 5.53. The number of carboxylic acid groups (broad SMARTS) is 2. The van der Waals surface area contributed by atoms with Crippen LogP contribution in [0.1, 0.15) is 65.2 Å². The van der Waals surface area contributed by atoms with E-state index in [0.717, 1.165) is 18.4 Å². The van der Waals surface area contributed by atoms with Gasteiger partial charge in [0.1, 0.15) is 0 Å². The number of aromatic nitrogens is 2. The smallest absolute Gasteiger partial charge is 0.354 e. The minimum absolute atomic E-state index is 0.00129. The normalized spacial score (nSPS) is 10.9. The molecule has 0 radical (unpaired) electrons. The second-order valence-corrected chi connectivity index (χ2v) is 7.74. The van der Waals surface area contributed by atoms with Crippen molar-refractivity contribution in [2.75, 3.05) is 0 Å². The van der Waals surface area contributed by atoms with E-state index in [9.17, 15) is 24.6 Å². The van der Waals surface area contributed by atoms with E-state index in [4.69, 9.17) is 0 Å². The van der Waals surface area contributed by atoms with Crippen LogP contribution in [0.3, 0.4) is 0 Å². The van der Waals surface area contributed by atoms with Crippen LogP contribution in [-0.2, 0) is 19.5 Å². The second-order valence-electron chi connectivity index (χ2n) is 7.74. The van der Waals surface area contributed by atoms with Gasteiger partial charge in [-0.15, -0.1) is 0 Å². The highest BCUT2D eigenvalue weighted by molar-refractivity contribution is 5.97. The summed E-state index contributed by atoms with van der Waals surface area (Å²) in [6.07, 6.45) is 2.62. The zero-order chi connectivity index (χ0) is 23.3. The second kappa shape index (κ2) is 10.1. The third-order valence-electron chi connectivity index (χ3n) is 5.53. The van der Waals surface area contributed by atoms with E-state index < -0.39 is 17.6 Å². The lowest BCUT2D eigenvalue weighted by molar-refractivity contribution is 0.0676. The molecule has 0 aliphatic rings. The van der Waals surface area contributed by atoms with Crippen molar-refractivity contribution in [3.63, 3.8) is 0 Å². The first-order chi connectivity index (χ1) is 15.4. The number of hydrogen-bond donors (Lipinski definition) is 2. The van der Waals surface area contributed by atoms with Gasteiger partial charge in [0.05, 0.1) is 17.8 Å². The van der Waals surface area contributed by atoms with Gasteiger partial charge in [-0.05, 0) is 36.0 Å². The average molecular weight is 437 g/mol. The molecule has 0 spiro atoms. The fourth-order valence-corrected chi connectivity index (χ4v) is 4.08. The molecule has 1 heterocycles. The van der Waals surface area contributed by atoms with E-state index in [1.807, 2.05) is 44.2 Å². The van der Waals surface area contributed by atoms with Gasteiger partial charge in [0.2, 0.25) is 0 Å². The molecule has 2 N–H and O–H groups in total. The summed E-state index contributed by atoms with van der Waals surface area (Å²) in [6.45, 7) is 4.17. The maximum absolute atomic E-state index is 13.2.